The van der Waals surface area contributed by atoms with E-state index in [4.69, 9.17) is 18.9 Å². The summed E-state index contributed by atoms with van der Waals surface area (Å²) in [5.41, 5.74) is 2.49. The van der Waals surface area contributed by atoms with Crippen LogP contribution in [0.25, 0.3) is 0 Å². The average molecular weight is 506 g/mol. The molecule has 1 N–H and O–H groups in total. The maximum absolute atomic E-state index is 11.3. The van der Waals surface area contributed by atoms with E-state index < -0.39 is 11.6 Å². The number of hydrogen-bond acceptors (Lipinski definition) is 6. The van der Waals surface area contributed by atoms with Crippen molar-refractivity contribution >= 4 is 5.97 Å². The fourth-order valence-corrected chi connectivity index (χ4v) is 4.66. The third-order valence-electron chi connectivity index (χ3n) is 6.66. The van der Waals surface area contributed by atoms with Crippen molar-refractivity contribution in [2.24, 2.45) is 0 Å². The van der Waals surface area contributed by atoms with Crippen molar-refractivity contribution in [2.45, 2.75) is 38.3 Å². The van der Waals surface area contributed by atoms with Crippen LogP contribution in [-0.4, -0.2) is 55.5 Å². The normalized spacial score (nSPS) is 15.5. The van der Waals surface area contributed by atoms with Gasteiger partial charge in [-0.15, -0.1) is 0 Å². The zero-order valence-electron chi connectivity index (χ0n) is 21.9. The van der Waals surface area contributed by atoms with Crippen LogP contribution < -0.4 is 18.9 Å². The van der Waals surface area contributed by atoms with Gasteiger partial charge in [0, 0.05) is 13.1 Å². The molecule has 4 rings (SSSR count). The monoisotopic (exact) mass is 505 g/mol. The molecule has 1 aliphatic heterocycles. The molecule has 3 aromatic carbocycles. The van der Waals surface area contributed by atoms with Crippen molar-refractivity contribution in [1.82, 2.24) is 4.90 Å². The first-order valence-electron chi connectivity index (χ1n) is 12.5. The number of carboxylic acid groups (broad SMARTS) is 1. The molecule has 0 bridgehead atoms. The fraction of sp³-hybridized carbons (Fsp3) is 0.367. The molecule has 0 aromatic heterocycles. The third-order valence-corrected chi connectivity index (χ3v) is 6.66. The van der Waals surface area contributed by atoms with Crippen LogP contribution in [0.1, 0.15) is 43.0 Å². The van der Waals surface area contributed by atoms with Gasteiger partial charge in [0.1, 0.15) is 11.5 Å². The second-order valence-electron chi connectivity index (χ2n) is 9.60. The Bertz CT molecular complexity index is 1190. The third kappa shape index (κ3) is 6.17. The lowest BCUT2D eigenvalue weighted by molar-refractivity contribution is -0.152. The van der Waals surface area contributed by atoms with Crippen LogP contribution in [0.3, 0.4) is 0 Å². The standard InChI is InChI=1S/C30H35NO6/c1-30(2,29(32)33)37-24-13-11-23(12-14-24)36-18-8-16-31-17-15-22-19-26(34-3)27(35-4)20-25(22)28(31)21-9-6-5-7-10-21/h5-7,9-14,19-20,28H,8,15-18H2,1-4H3,(H,32,33). The summed E-state index contributed by atoms with van der Waals surface area (Å²) in [4.78, 5) is 13.8. The molecular weight excluding hydrogens is 470 g/mol. The summed E-state index contributed by atoms with van der Waals surface area (Å²) in [7, 11) is 3.34. The van der Waals surface area contributed by atoms with Crippen molar-refractivity contribution in [1.29, 1.82) is 0 Å². The molecule has 0 spiro atoms. The first kappa shape index (κ1) is 26.4. The summed E-state index contributed by atoms with van der Waals surface area (Å²) < 4.78 is 22.7. The van der Waals surface area contributed by atoms with Crippen molar-refractivity contribution in [2.75, 3.05) is 33.9 Å². The summed E-state index contributed by atoms with van der Waals surface area (Å²) >= 11 is 0. The van der Waals surface area contributed by atoms with Crippen LogP contribution in [-0.2, 0) is 11.2 Å². The number of aliphatic carboxylic acids is 1. The van der Waals surface area contributed by atoms with E-state index in [1.165, 1.54) is 30.5 Å². The Morgan fingerprint density at radius 2 is 1.62 bits per heavy atom. The van der Waals surface area contributed by atoms with Gasteiger partial charge >= 0.3 is 5.97 Å². The van der Waals surface area contributed by atoms with Gasteiger partial charge in [-0.05, 0) is 79.8 Å². The second-order valence-corrected chi connectivity index (χ2v) is 9.60. The van der Waals surface area contributed by atoms with Gasteiger partial charge in [0.25, 0.3) is 0 Å². The number of carbonyl (C=O) groups is 1. The largest absolute Gasteiger partial charge is 0.494 e. The highest BCUT2D eigenvalue weighted by Crippen LogP contribution is 2.41. The SMILES string of the molecule is COc1cc2c(cc1OC)C(c1ccccc1)N(CCCOc1ccc(OC(C)(C)C(=O)O)cc1)CC2. The van der Waals surface area contributed by atoms with E-state index in [0.29, 0.717) is 12.4 Å². The first-order valence-corrected chi connectivity index (χ1v) is 12.5. The lowest BCUT2D eigenvalue weighted by atomic mass is 9.87. The van der Waals surface area contributed by atoms with Crippen LogP contribution >= 0.6 is 0 Å². The highest BCUT2D eigenvalue weighted by atomic mass is 16.5. The number of ether oxygens (including phenoxy) is 4. The first-order chi connectivity index (χ1) is 17.8. The van der Waals surface area contributed by atoms with E-state index in [2.05, 4.69) is 41.3 Å². The lowest BCUT2D eigenvalue weighted by Gasteiger charge is -2.38. The minimum atomic E-state index is -1.29. The molecule has 3 aromatic rings. The Morgan fingerprint density at radius 3 is 2.27 bits per heavy atom. The maximum Gasteiger partial charge on any atom is 0.347 e. The van der Waals surface area contributed by atoms with E-state index in [1.807, 2.05) is 6.07 Å². The second kappa shape index (κ2) is 11.6. The van der Waals surface area contributed by atoms with Gasteiger partial charge in [0.15, 0.2) is 17.1 Å². The number of methoxy groups -OCH3 is 2. The molecule has 1 aliphatic rings. The maximum atomic E-state index is 11.3. The van der Waals surface area contributed by atoms with Gasteiger partial charge in [-0.1, -0.05) is 30.3 Å². The molecule has 0 amide bonds. The van der Waals surface area contributed by atoms with E-state index in [0.717, 1.165) is 43.2 Å². The Hall–Kier alpha value is -3.71. The number of nitrogens with zero attached hydrogens (tertiary/aromatic N) is 1. The Morgan fingerprint density at radius 1 is 0.973 bits per heavy atom. The van der Waals surface area contributed by atoms with Crippen LogP contribution in [0, 0.1) is 0 Å². The van der Waals surface area contributed by atoms with Gasteiger partial charge in [-0.3, -0.25) is 4.90 Å². The van der Waals surface area contributed by atoms with Crippen LogP contribution in [0.15, 0.2) is 66.7 Å². The molecule has 196 valence electrons. The fourth-order valence-electron chi connectivity index (χ4n) is 4.66. The Kier molecular flexibility index (Phi) is 8.24. The van der Waals surface area contributed by atoms with Gasteiger partial charge < -0.3 is 24.1 Å². The molecule has 7 heteroatoms. The van der Waals surface area contributed by atoms with Crippen molar-refractivity contribution in [3.63, 3.8) is 0 Å². The van der Waals surface area contributed by atoms with E-state index in [9.17, 15) is 9.90 Å². The molecule has 0 saturated heterocycles. The summed E-state index contributed by atoms with van der Waals surface area (Å²) in [5.74, 6) is 1.70. The van der Waals surface area contributed by atoms with Crippen molar-refractivity contribution < 1.29 is 28.8 Å². The summed E-state index contributed by atoms with van der Waals surface area (Å²) in [6, 6.07) is 22.0. The Labute approximate surface area is 218 Å². The molecule has 1 unspecified atom stereocenters. The van der Waals surface area contributed by atoms with E-state index in [1.54, 1.807) is 38.5 Å². The summed E-state index contributed by atoms with van der Waals surface area (Å²) in [6.07, 6.45) is 1.80. The highest BCUT2D eigenvalue weighted by Gasteiger charge is 2.30. The van der Waals surface area contributed by atoms with Crippen LogP contribution in [0.5, 0.6) is 23.0 Å². The highest BCUT2D eigenvalue weighted by molar-refractivity contribution is 5.76. The molecule has 0 saturated carbocycles. The lowest BCUT2D eigenvalue weighted by Crippen LogP contribution is -2.37. The number of benzene rings is 3. The molecule has 1 atom stereocenters. The van der Waals surface area contributed by atoms with Gasteiger partial charge in [0.2, 0.25) is 0 Å². The number of carboxylic acids is 1. The van der Waals surface area contributed by atoms with Crippen LogP contribution in [0.2, 0.25) is 0 Å². The predicted octanol–water partition coefficient (Wildman–Crippen LogP) is 5.36. The smallest absolute Gasteiger partial charge is 0.347 e. The Balaban J connectivity index is 1.41. The predicted molar refractivity (Wildman–Crippen MR) is 142 cm³/mol. The molecule has 0 radical (unpaired) electrons. The van der Waals surface area contributed by atoms with Gasteiger partial charge in [0.05, 0.1) is 26.9 Å². The van der Waals surface area contributed by atoms with Crippen molar-refractivity contribution in [3.05, 3.63) is 83.4 Å². The zero-order chi connectivity index (χ0) is 26.4. The topological polar surface area (TPSA) is 77.5 Å². The number of fused-ring (bicyclic) bond motifs is 1. The molecule has 0 fully saturated rings. The molecule has 1 heterocycles. The summed E-state index contributed by atoms with van der Waals surface area (Å²) in [6.45, 7) is 5.43. The number of rotatable bonds is 11. The van der Waals surface area contributed by atoms with Crippen molar-refractivity contribution in [3.8, 4) is 23.0 Å². The molecule has 7 nitrogen and oxygen atoms in total. The summed E-state index contributed by atoms with van der Waals surface area (Å²) in [5, 5.41) is 9.24. The minimum Gasteiger partial charge on any atom is -0.494 e. The van der Waals surface area contributed by atoms with Gasteiger partial charge in [-0.2, -0.15) is 0 Å². The molecule has 37 heavy (non-hydrogen) atoms. The zero-order valence-corrected chi connectivity index (χ0v) is 21.9. The molecule has 0 aliphatic carbocycles. The number of hydrogen-bond donors (Lipinski definition) is 1. The quantitative estimate of drug-likeness (QED) is 0.352. The van der Waals surface area contributed by atoms with Crippen LogP contribution in [0.4, 0.5) is 0 Å². The molecular formula is C30H35NO6. The average Bonchev–Trinajstić information content (AvgIpc) is 2.91. The van der Waals surface area contributed by atoms with E-state index in [-0.39, 0.29) is 6.04 Å². The van der Waals surface area contributed by atoms with E-state index >= 15 is 0 Å². The van der Waals surface area contributed by atoms with Gasteiger partial charge in [-0.25, -0.2) is 4.79 Å². The minimum absolute atomic E-state index is 0.124.